The predicted octanol–water partition coefficient (Wildman–Crippen LogP) is -0.913. The number of amides is 1. The summed E-state index contributed by atoms with van der Waals surface area (Å²) in [5, 5.41) is 2.81. The smallest absolute Gasteiger partial charge is 0.234 e. The van der Waals surface area contributed by atoms with Crippen molar-refractivity contribution < 1.29 is 4.79 Å². The van der Waals surface area contributed by atoms with Crippen molar-refractivity contribution in [3.63, 3.8) is 0 Å². The number of nitrogens with one attached hydrogen (secondary N) is 1. The normalized spacial score (nSPS) is 21.6. The molecule has 1 saturated heterocycles. The first-order valence-electron chi connectivity index (χ1n) is 5.99. The fraction of sp³-hybridized carbons (Fsp3) is 0.909. The molecule has 0 saturated carbocycles. The van der Waals surface area contributed by atoms with Gasteiger partial charge < -0.3 is 16.0 Å². The minimum Gasteiger partial charge on any atom is -0.354 e. The first-order chi connectivity index (χ1) is 7.63. The van der Waals surface area contributed by atoms with Crippen molar-refractivity contribution >= 4 is 5.91 Å². The molecule has 1 aliphatic rings. The Morgan fingerprint density at radius 3 is 2.94 bits per heavy atom. The molecule has 0 bridgehead atoms. The SMILES string of the molecule is CN(C)CC1CCCN1CC(=O)NCCN. The molecule has 16 heavy (non-hydrogen) atoms. The monoisotopic (exact) mass is 228 g/mol. The van der Waals surface area contributed by atoms with Gasteiger partial charge in [0.1, 0.15) is 0 Å². The third-order valence-corrected chi connectivity index (χ3v) is 2.89. The third-order valence-electron chi connectivity index (χ3n) is 2.89. The van der Waals surface area contributed by atoms with Crippen molar-refractivity contribution in [3.8, 4) is 0 Å². The number of likely N-dealkylation sites (tertiary alicyclic amines) is 1. The number of likely N-dealkylation sites (N-methyl/N-ethyl adjacent to an activating group) is 1. The van der Waals surface area contributed by atoms with E-state index in [2.05, 4.69) is 29.2 Å². The van der Waals surface area contributed by atoms with Crippen LogP contribution in [0.1, 0.15) is 12.8 Å². The van der Waals surface area contributed by atoms with Gasteiger partial charge in [-0.15, -0.1) is 0 Å². The lowest BCUT2D eigenvalue weighted by Crippen LogP contribution is -2.44. The van der Waals surface area contributed by atoms with E-state index in [0.717, 1.165) is 13.1 Å². The van der Waals surface area contributed by atoms with Gasteiger partial charge in [-0.25, -0.2) is 0 Å². The second-order valence-corrected chi connectivity index (χ2v) is 4.67. The molecule has 5 heteroatoms. The van der Waals surface area contributed by atoms with Gasteiger partial charge in [0, 0.05) is 25.7 Å². The van der Waals surface area contributed by atoms with E-state index in [9.17, 15) is 4.79 Å². The number of carbonyl (C=O) groups is 1. The maximum atomic E-state index is 11.6. The molecule has 5 nitrogen and oxygen atoms in total. The molecule has 1 atom stereocenters. The molecule has 3 N–H and O–H groups in total. The van der Waals surface area contributed by atoms with Crippen LogP contribution in [0.15, 0.2) is 0 Å². The number of hydrogen-bond acceptors (Lipinski definition) is 4. The van der Waals surface area contributed by atoms with E-state index >= 15 is 0 Å². The minimum atomic E-state index is 0.0936. The molecular formula is C11H24N4O. The van der Waals surface area contributed by atoms with E-state index in [1.165, 1.54) is 12.8 Å². The molecule has 1 fully saturated rings. The van der Waals surface area contributed by atoms with Crippen LogP contribution in [0.5, 0.6) is 0 Å². The topological polar surface area (TPSA) is 61.6 Å². The highest BCUT2D eigenvalue weighted by Gasteiger charge is 2.26. The third kappa shape index (κ3) is 4.47. The average molecular weight is 228 g/mol. The Hall–Kier alpha value is -0.650. The van der Waals surface area contributed by atoms with Crippen LogP contribution in [-0.4, -0.2) is 68.6 Å². The maximum absolute atomic E-state index is 11.6. The quantitative estimate of drug-likeness (QED) is 0.618. The Morgan fingerprint density at radius 1 is 1.56 bits per heavy atom. The van der Waals surface area contributed by atoms with Gasteiger partial charge >= 0.3 is 0 Å². The Kier molecular flexibility index (Phi) is 5.73. The summed E-state index contributed by atoms with van der Waals surface area (Å²) in [5.41, 5.74) is 5.34. The summed E-state index contributed by atoms with van der Waals surface area (Å²) in [6.45, 7) is 3.66. The second-order valence-electron chi connectivity index (χ2n) is 4.67. The van der Waals surface area contributed by atoms with Crippen molar-refractivity contribution in [2.45, 2.75) is 18.9 Å². The zero-order valence-corrected chi connectivity index (χ0v) is 10.4. The number of nitrogens with two attached hydrogens (primary N) is 1. The molecule has 0 aliphatic carbocycles. The summed E-state index contributed by atoms with van der Waals surface area (Å²) in [6.07, 6.45) is 2.39. The maximum Gasteiger partial charge on any atom is 0.234 e. The highest BCUT2D eigenvalue weighted by molar-refractivity contribution is 5.78. The summed E-state index contributed by atoms with van der Waals surface area (Å²) in [6, 6.07) is 0.527. The van der Waals surface area contributed by atoms with E-state index in [1.54, 1.807) is 0 Å². The Bertz CT molecular complexity index is 220. The number of rotatable bonds is 6. The van der Waals surface area contributed by atoms with Crippen LogP contribution in [0.3, 0.4) is 0 Å². The summed E-state index contributed by atoms with van der Waals surface area (Å²) >= 11 is 0. The molecule has 1 rings (SSSR count). The Morgan fingerprint density at radius 2 is 2.31 bits per heavy atom. The molecule has 0 aromatic rings. The largest absolute Gasteiger partial charge is 0.354 e. The number of nitrogens with zero attached hydrogens (tertiary/aromatic N) is 2. The van der Waals surface area contributed by atoms with Gasteiger partial charge in [-0.05, 0) is 33.5 Å². The first kappa shape index (κ1) is 13.4. The molecule has 1 aliphatic heterocycles. The van der Waals surface area contributed by atoms with E-state index in [-0.39, 0.29) is 5.91 Å². The summed E-state index contributed by atoms with van der Waals surface area (Å²) in [4.78, 5) is 16.0. The van der Waals surface area contributed by atoms with Crippen molar-refractivity contribution in [3.05, 3.63) is 0 Å². The van der Waals surface area contributed by atoms with E-state index in [4.69, 9.17) is 5.73 Å². The van der Waals surface area contributed by atoms with Crippen LogP contribution in [0.25, 0.3) is 0 Å². The summed E-state index contributed by atoms with van der Waals surface area (Å²) in [7, 11) is 4.15. The molecular weight excluding hydrogens is 204 g/mol. The molecule has 0 radical (unpaired) electrons. The summed E-state index contributed by atoms with van der Waals surface area (Å²) in [5.74, 6) is 0.0936. The zero-order valence-electron chi connectivity index (χ0n) is 10.4. The van der Waals surface area contributed by atoms with Crippen molar-refractivity contribution in [1.29, 1.82) is 0 Å². The minimum absolute atomic E-state index is 0.0936. The molecule has 1 heterocycles. The van der Waals surface area contributed by atoms with Crippen LogP contribution in [0.4, 0.5) is 0 Å². The van der Waals surface area contributed by atoms with Crippen LogP contribution < -0.4 is 11.1 Å². The Labute approximate surface area is 98.0 Å². The highest BCUT2D eigenvalue weighted by Crippen LogP contribution is 2.16. The standard InChI is InChI=1S/C11H24N4O/c1-14(2)8-10-4-3-7-15(10)9-11(16)13-6-5-12/h10H,3-9,12H2,1-2H3,(H,13,16). The van der Waals surface area contributed by atoms with Gasteiger partial charge in [-0.2, -0.15) is 0 Å². The lowest BCUT2D eigenvalue weighted by molar-refractivity contribution is -0.122. The van der Waals surface area contributed by atoms with Gasteiger partial charge in [-0.3, -0.25) is 9.69 Å². The van der Waals surface area contributed by atoms with Gasteiger partial charge in [0.05, 0.1) is 6.54 Å². The van der Waals surface area contributed by atoms with Crippen molar-refractivity contribution in [2.75, 3.05) is 46.8 Å². The van der Waals surface area contributed by atoms with Crippen LogP contribution in [-0.2, 0) is 4.79 Å². The van der Waals surface area contributed by atoms with Crippen molar-refractivity contribution in [2.24, 2.45) is 5.73 Å². The number of carbonyl (C=O) groups excluding carboxylic acids is 1. The second kappa shape index (κ2) is 6.83. The van der Waals surface area contributed by atoms with Gasteiger partial charge in [0.25, 0.3) is 0 Å². The van der Waals surface area contributed by atoms with Gasteiger partial charge in [0.2, 0.25) is 5.91 Å². The Balaban J connectivity index is 2.31. The molecule has 1 unspecified atom stereocenters. The molecule has 94 valence electrons. The van der Waals surface area contributed by atoms with E-state index in [1.807, 2.05) is 0 Å². The first-order valence-corrected chi connectivity index (χ1v) is 5.99. The van der Waals surface area contributed by atoms with Crippen molar-refractivity contribution in [1.82, 2.24) is 15.1 Å². The van der Waals surface area contributed by atoms with Gasteiger partial charge in [-0.1, -0.05) is 0 Å². The summed E-state index contributed by atoms with van der Waals surface area (Å²) < 4.78 is 0. The fourth-order valence-corrected chi connectivity index (χ4v) is 2.18. The van der Waals surface area contributed by atoms with E-state index in [0.29, 0.717) is 25.7 Å². The highest BCUT2D eigenvalue weighted by atomic mass is 16.2. The molecule has 0 spiro atoms. The van der Waals surface area contributed by atoms with Gasteiger partial charge in [0.15, 0.2) is 0 Å². The van der Waals surface area contributed by atoms with Crippen LogP contribution in [0.2, 0.25) is 0 Å². The molecule has 0 aromatic heterocycles. The number of hydrogen-bond donors (Lipinski definition) is 2. The lowest BCUT2D eigenvalue weighted by atomic mass is 10.2. The van der Waals surface area contributed by atoms with Crippen LogP contribution >= 0.6 is 0 Å². The predicted molar refractivity (Wildman–Crippen MR) is 65.2 cm³/mol. The fourth-order valence-electron chi connectivity index (χ4n) is 2.18. The molecule has 0 aromatic carbocycles. The lowest BCUT2D eigenvalue weighted by Gasteiger charge is -2.26. The molecule has 1 amide bonds. The average Bonchev–Trinajstić information content (AvgIpc) is 2.62. The van der Waals surface area contributed by atoms with Crippen LogP contribution in [0, 0.1) is 0 Å². The zero-order chi connectivity index (χ0) is 12.0. The van der Waals surface area contributed by atoms with E-state index < -0.39 is 0 Å².